The van der Waals surface area contributed by atoms with Gasteiger partial charge in [0.25, 0.3) is 5.91 Å². The number of hydrogen-bond donors (Lipinski definition) is 0. The van der Waals surface area contributed by atoms with Crippen molar-refractivity contribution in [3.05, 3.63) is 40.5 Å². The summed E-state index contributed by atoms with van der Waals surface area (Å²) in [6.45, 7) is 6.01. The zero-order chi connectivity index (χ0) is 17.4. The summed E-state index contributed by atoms with van der Waals surface area (Å²) < 4.78 is 10.0. The highest BCUT2D eigenvalue weighted by atomic mass is 32.1. The summed E-state index contributed by atoms with van der Waals surface area (Å²) in [6, 6.07) is 7.79. The van der Waals surface area contributed by atoms with E-state index in [2.05, 4.69) is 10.1 Å². The minimum atomic E-state index is -0.327. The van der Waals surface area contributed by atoms with Crippen molar-refractivity contribution in [1.29, 1.82) is 0 Å². The zero-order valence-electron chi connectivity index (χ0n) is 14.4. The Kier molecular flexibility index (Phi) is 4.28. The molecule has 0 spiro atoms. The molecule has 0 aliphatic carbocycles. The van der Waals surface area contributed by atoms with E-state index in [-0.39, 0.29) is 11.9 Å². The van der Waals surface area contributed by atoms with E-state index in [9.17, 15) is 4.79 Å². The number of aromatic nitrogens is 3. The van der Waals surface area contributed by atoms with E-state index in [0.717, 1.165) is 21.7 Å². The number of ether oxygens (including phenoxy) is 1. The first-order chi connectivity index (χ1) is 11.4. The van der Waals surface area contributed by atoms with Crippen LogP contribution < -0.4 is 9.54 Å². The topological polar surface area (TPSA) is 61.4 Å². The molecule has 126 valence electrons. The first kappa shape index (κ1) is 16.4. The number of benzene rings is 1. The van der Waals surface area contributed by atoms with Gasteiger partial charge in [0.2, 0.25) is 0 Å². The quantitative estimate of drug-likeness (QED) is 0.733. The molecule has 0 atom stereocenters. The number of methoxy groups -OCH3 is 1. The van der Waals surface area contributed by atoms with Crippen LogP contribution >= 0.6 is 11.3 Å². The van der Waals surface area contributed by atoms with Gasteiger partial charge in [-0.25, -0.2) is 0 Å². The molecule has 3 aromatic rings. The minimum Gasteiger partial charge on any atom is -0.497 e. The van der Waals surface area contributed by atoms with Gasteiger partial charge in [0.1, 0.15) is 5.75 Å². The number of fused-ring (bicyclic) bond motifs is 1. The molecular formula is C17H20N4O2S. The van der Waals surface area contributed by atoms with Crippen LogP contribution in [0.1, 0.15) is 36.1 Å². The fourth-order valence-corrected chi connectivity index (χ4v) is 3.65. The van der Waals surface area contributed by atoms with Gasteiger partial charge in [-0.1, -0.05) is 11.3 Å². The number of nitrogens with zero attached hydrogens (tertiary/aromatic N) is 4. The fraction of sp³-hybridized carbons (Fsp3) is 0.353. The summed E-state index contributed by atoms with van der Waals surface area (Å²) in [5.41, 5.74) is 2.33. The maximum atomic E-state index is 12.5. The van der Waals surface area contributed by atoms with Crippen molar-refractivity contribution in [1.82, 2.24) is 14.3 Å². The van der Waals surface area contributed by atoms with Crippen molar-refractivity contribution in [3.8, 4) is 5.75 Å². The Bertz CT molecular complexity index is 978. The lowest BCUT2D eigenvalue weighted by atomic mass is 10.3. The molecule has 0 bridgehead atoms. The van der Waals surface area contributed by atoms with E-state index in [0.29, 0.717) is 10.5 Å². The number of carbonyl (C=O) groups is 1. The van der Waals surface area contributed by atoms with Crippen molar-refractivity contribution < 1.29 is 9.53 Å². The summed E-state index contributed by atoms with van der Waals surface area (Å²) in [5.74, 6) is 0.458. The van der Waals surface area contributed by atoms with Crippen LogP contribution in [0.2, 0.25) is 0 Å². The van der Waals surface area contributed by atoms with E-state index in [1.54, 1.807) is 13.2 Å². The van der Waals surface area contributed by atoms with Crippen LogP contribution in [-0.4, -0.2) is 27.4 Å². The molecule has 0 radical (unpaired) electrons. The Morgan fingerprint density at radius 1 is 1.33 bits per heavy atom. The maximum Gasteiger partial charge on any atom is 0.300 e. The normalized spacial score (nSPS) is 12.3. The predicted octanol–water partition coefficient (Wildman–Crippen LogP) is 3.08. The van der Waals surface area contributed by atoms with Crippen LogP contribution in [0.25, 0.3) is 10.2 Å². The second-order valence-electron chi connectivity index (χ2n) is 5.90. The number of carbonyl (C=O) groups excluding carboxylic acids is 1. The Morgan fingerprint density at radius 2 is 2.08 bits per heavy atom. The van der Waals surface area contributed by atoms with E-state index < -0.39 is 0 Å². The average molecular weight is 344 g/mol. The van der Waals surface area contributed by atoms with E-state index >= 15 is 0 Å². The number of hydrogen-bond acceptors (Lipinski definition) is 4. The SMILES string of the molecule is COc1ccc2c(c1)sc(=NC(=O)c1cc(C)n(C(C)C)n1)n2C. The fourth-order valence-electron chi connectivity index (χ4n) is 2.61. The number of amides is 1. The van der Waals surface area contributed by atoms with Gasteiger partial charge in [-0.3, -0.25) is 9.48 Å². The van der Waals surface area contributed by atoms with Crippen molar-refractivity contribution >= 4 is 27.5 Å². The van der Waals surface area contributed by atoms with E-state index in [4.69, 9.17) is 4.74 Å². The van der Waals surface area contributed by atoms with Gasteiger partial charge in [0.15, 0.2) is 10.5 Å². The molecule has 2 heterocycles. The van der Waals surface area contributed by atoms with E-state index in [1.807, 2.05) is 55.3 Å². The lowest BCUT2D eigenvalue weighted by molar-refractivity contribution is 0.0992. The molecule has 0 aliphatic heterocycles. The molecular weight excluding hydrogens is 324 g/mol. The minimum absolute atomic E-state index is 0.208. The van der Waals surface area contributed by atoms with Crippen LogP contribution in [0.15, 0.2) is 29.3 Å². The Hall–Kier alpha value is -2.41. The molecule has 7 heteroatoms. The van der Waals surface area contributed by atoms with Gasteiger partial charge in [-0.2, -0.15) is 10.1 Å². The molecule has 0 fully saturated rings. The first-order valence-corrected chi connectivity index (χ1v) is 8.51. The Labute approximate surface area is 144 Å². The summed E-state index contributed by atoms with van der Waals surface area (Å²) in [4.78, 5) is 17.4. The Balaban J connectivity index is 2.04. The highest BCUT2D eigenvalue weighted by Crippen LogP contribution is 2.22. The third-order valence-corrected chi connectivity index (χ3v) is 4.94. The molecule has 1 amide bonds. The number of rotatable bonds is 3. The van der Waals surface area contributed by atoms with Gasteiger partial charge in [0, 0.05) is 18.8 Å². The highest BCUT2D eigenvalue weighted by molar-refractivity contribution is 7.16. The van der Waals surface area contributed by atoms with Crippen LogP contribution in [0.3, 0.4) is 0 Å². The average Bonchev–Trinajstić information content (AvgIpc) is 3.08. The van der Waals surface area contributed by atoms with Gasteiger partial charge in [-0.15, -0.1) is 0 Å². The molecule has 24 heavy (non-hydrogen) atoms. The zero-order valence-corrected chi connectivity index (χ0v) is 15.2. The Morgan fingerprint density at radius 3 is 2.71 bits per heavy atom. The van der Waals surface area contributed by atoms with Crippen LogP contribution in [0.4, 0.5) is 0 Å². The molecule has 2 aromatic heterocycles. The van der Waals surface area contributed by atoms with E-state index in [1.165, 1.54) is 11.3 Å². The van der Waals surface area contributed by atoms with Gasteiger partial charge < -0.3 is 9.30 Å². The number of thiazole rings is 1. The summed E-state index contributed by atoms with van der Waals surface area (Å²) in [5, 5.41) is 4.37. The van der Waals surface area contributed by atoms with Crippen molar-refractivity contribution in [2.75, 3.05) is 7.11 Å². The smallest absolute Gasteiger partial charge is 0.300 e. The van der Waals surface area contributed by atoms with Crippen molar-refractivity contribution in [2.24, 2.45) is 12.0 Å². The van der Waals surface area contributed by atoms with Crippen molar-refractivity contribution in [3.63, 3.8) is 0 Å². The second kappa shape index (κ2) is 6.24. The number of aryl methyl sites for hydroxylation is 2. The molecule has 6 nitrogen and oxygen atoms in total. The monoisotopic (exact) mass is 344 g/mol. The lowest BCUT2D eigenvalue weighted by Gasteiger charge is -2.06. The molecule has 0 aliphatic rings. The molecule has 0 saturated heterocycles. The maximum absolute atomic E-state index is 12.5. The summed E-state index contributed by atoms with van der Waals surface area (Å²) >= 11 is 1.45. The van der Waals surface area contributed by atoms with Crippen molar-refractivity contribution in [2.45, 2.75) is 26.8 Å². The highest BCUT2D eigenvalue weighted by Gasteiger charge is 2.14. The largest absolute Gasteiger partial charge is 0.497 e. The van der Waals surface area contributed by atoms with Gasteiger partial charge in [-0.05, 0) is 45.0 Å². The third-order valence-electron chi connectivity index (χ3n) is 3.84. The lowest BCUT2D eigenvalue weighted by Crippen LogP contribution is -2.14. The molecule has 3 rings (SSSR count). The van der Waals surface area contributed by atoms with Gasteiger partial charge >= 0.3 is 0 Å². The van der Waals surface area contributed by atoms with Crippen LogP contribution in [0, 0.1) is 6.92 Å². The molecule has 0 saturated carbocycles. The first-order valence-electron chi connectivity index (χ1n) is 7.69. The van der Waals surface area contributed by atoms with Gasteiger partial charge in [0.05, 0.1) is 17.3 Å². The molecule has 0 unspecified atom stereocenters. The summed E-state index contributed by atoms with van der Waals surface area (Å²) in [6.07, 6.45) is 0. The third kappa shape index (κ3) is 2.87. The summed E-state index contributed by atoms with van der Waals surface area (Å²) in [7, 11) is 3.53. The molecule has 0 N–H and O–H groups in total. The molecule has 1 aromatic carbocycles. The second-order valence-corrected chi connectivity index (χ2v) is 6.91. The standard InChI is InChI=1S/C17H20N4O2S/c1-10(2)21-11(3)8-13(19-21)16(22)18-17-20(4)14-7-6-12(23-5)9-15(14)24-17/h6-10H,1-5H3. The van der Waals surface area contributed by atoms with Crippen LogP contribution in [-0.2, 0) is 7.05 Å². The predicted molar refractivity (Wildman–Crippen MR) is 94.6 cm³/mol. The van der Waals surface area contributed by atoms with Crippen LogP contribution in [0.5, 0.6) is 5.75 Å².